The first-order valence-corrected chi connectivity index (χ1v) is 8.62. The molecule has 0 atom stereocenters. The predicted molar refractivity (Wildman–Crippen MR) is 83.2 cm³/mol. The molecule has 0 N–H and O–H groups in total. The van der Waals surface area contributed by atoms with Crippen LogP contribution in [0.4, 0.5) is 0 Å². The first kappa shape index (κ1) is 13.3. The number of halogens is 1. The van der Waals surface area contributed by atoms with Gasteiger partial charge in [-0.1, -0.05) is 26.2 Å². The van der Waals surface area contributed by atoms with Crippen molar-refractivity contribution >= 4 is 38.6 Å². The second kappa shape index (κ2) is 6.72. The normalized spacial score (nSPS) is 10.9. The van der Waals surface area contributed by atoms with Crippen molar-refractivity contribution in [1.29, 1.82) is 0 Å². The van der Waals surface area contributed by atoms with Crippen LogP contribution < -0.4 is 0 Å². The Labute approximate surface area is 120 Å². The smallest absolute Gasteiger partial charge is 0.0705 e. The lowest BCUT2D eigenvalue weighted by molar-refractivity contribution is 0.668. The Morgan fingerprint density at radius 1 is 1.12 bits per heavy atom. The molecule has 0 aliphatic rings. The molecule has 0 saturated carbocycles. The van der Waals surface area contributed by atoms with E-state index in [2.05, 4.69) is 46.4 Å². The molecule has 0 nitrogen and oxygen atoms in total. The molecular formula is C14H17BrS2. The van der Waals surface area contributed by atoms with E-state index in [4.69, 9.17) is 0 Å². The minimum Gasteiger partial charge on any atom is -0.143 e. The second-order valence-corrected chi connectivity index (χ2v) is 7.57. The van der Waals surface area contributed by atoms with Crippen molar-refractivity contribution in [2.75, 3.05) is 0 Å². The molecule has 0 spiro atoms. The molecule has 0 amide bonds. The van der Waals surface area contributed by atoms with Gasteiger partial charge in [0.1, 0.15) is 0 Å². The Bertz CT molecular complexity index is 456. The third-order valence-electron chi connectivity index (χ3n) is 2.84. The Morgan fingerprint density at radius 2 is 2.00 bits per heavy atom. The molecule has 2 heterocycles. The van der Waals surface area contributed by atoms with Crippen molar-refractivity contribution in [2.24, 2.45) is 0 Å². The zero-order valence-electron chi connectivity index (χ0n) is 10.0. The maximum atomic E-state index is 3.54. The fourth-order valence-corrected chi connectivity index (χ4v) is 4.43. The molecule has 0 aromatic carbocycles. The molecule has 2 aromatic heterocycles. The van der Waals surface area contributed by atoms with E-state index < -0.39 is 0 Å². The third-order valence-corrected chi connectivity index (χ3v) is 5.60. The highest BCUT2D eigenvalue weighted by molar-refractivity contribution is 9.11. The number of aryl methyl sites for hydroxylation is 1. The standard InChI is InChI=1S/C14H17BrS2/c1-2-3-4-5-6-11-9-10-16-14(11)12-7-8-13(15)17-12/h7-10H,2-6H2,1H3. The minimum absolute atomic E-state index is 1.22. The van der Waals surface area contributed by atoms with Gasteiger partial charge in [0.05, 0.1) is 3.79 Å². The van der Waals surface area contributed by atoms with Crippen molar-refractivity contribution in [2.45, 2.75) is 39.0 Å². The van der Waals surface area contributed by atoms with Crippen LogP contribution in [0.2, 0.25) is 0 Å². The lowest BCUT2D eigenvalue weighted by Crippen LogP contribution is -1.85. The van der Waals surface area contributed by atoms with Crippen LogP contribution in [-0.2, 0) is 6.42 Å². The molecule has 0 aliphatic heterocycles. The summed E-state index contributed by atoms with van der Waals surface area (Å²) >= 11 is 7.24. The van der Waals surface area contributed by atoms with Crippen LogP contribution >= 0.6 is 38.6 Å². The molecule has 3 heteroatoms. The summed E-state index contributed by atoms with van der Waals surface area (Å²) < 4.78 is 1.22. The van der Waals surface area contributed by atoms with Gasteiger partial charge in [0.15, 0.2) is 0 Å². The van der Waals surface area contributed by atoms with E-state index in [0.29, 0.717) is 0 Å². The van der Waals surface area contributed by atoms with Gasteiger partial charge in [0.2, 0.25) is 0 Å². The first-order valence-electron chi connectivity index (χ1n) is 6.13. The summed E-state index contributed by atoms with van der Waals surface area (Å²) in [5, 5.41) is 2.22. The van der Waals surface area contributed by atoms with Crippen LogP contribution in [0.1, 0.15) is 38.2 Å². The van der Waals surface area contributed by atoms with Gasteiger partial charge in [-0.15, -0.1) is 22.7 Å². The molecule has 17 heavy (non-hydrogen) atoms. The van der Waals surface area contributed by atoms with Crippen LogP contribution in [0.3, 0.4) is 0 Å². The minimum atomic E-state index is 1.22. The van der Waals surface area contributed by atoms with E-state index in [0.717, 1.165) is 0 Å². The van der Waals surface area contributed by atoms with Gasteiger partial charge in [0, 0.05) is 9.75 Å². The van der Waals surface area contributed by atoms with Crippen LogP contribution in [0.5, 0.6) is 0 Å². The summed E-state index contributed by atoms with van der Waals surface area (Å²) in [4.78, 5) is 2.87. The van der Waals surface area contributed by atoms with Crippen molar-refractivity contribution in [1.82, 2.24) is 0 Å². The van der Waals surface area contributed by atoms with Crippen molar-refractivity contribution in [3.05, 3.63) is 32.9 Å². The molecule has 0 unspecified atom stereocenters. The lowest BCUT2D eigenvalue weighted by Gasteiger charge is -2.01. The number of thiophene rings is 2. The average molecular weight is 329 g/mol. The quantitative estimate of drug-likeness (QED) is 0.541. The van der Waals surface area contributed by atoms with Crippen molar-refractivity contribution in [3.63, 3.8) is 0 Å². The van der Waals surface area contributed by atoms with E-state index in [1.807, 2.05) is 22.7 Å². The SMILES string of the molecule is CCCCCCc1ccsc1-c1ccc(Br)s1. The monoisotopic (exact) mass is 328 g/mol. The van der Waals surface area contributed by atoms with Gasteiger partial charge in [-0.2, -0.15) is 0 Å². The summed E-state index contributed by atoms with van der Waals surface area (Å²) in [6.07, 6.45) is 6.59. The predicted octanol–water partition coefficient (Wildman–Crippen LogP) is 6.36. The van der Waals surface area contributed by atoms with E-state index in [1.54, 1.807) is 0 Å². The van der Waals surface area contributed by atoms with Gasteiger partial charge in [-0.25, -0.2) is 0 Å². The van der Waals surface area contributed by atoms with Gasteiger partial charge < -0.3 is 0 Å². The highest BCUT2D eigenvalue weighted by Gasteiger charge is 2.08. The Morgan fingerprint density at radius 3 is 2.71 bits per heavy atom. The molecular weight excluding hydrogens is 312 g/mol. The second-order valence-electron chi connectivity index (χ2n) is 4.19. The summed E-state index contributed by atoms with van der Waals surface area (Å²) in [7, 11) is 0. The van der Waals surface area contributed by atoms with E-state index in [9.17, 15) is 0 Å². The Balaban J connectivity index is 2.02. The van der Waals surface area contributed by atoms with Gasteiger partial charge >= 0.3 is 0 Å². The number of rotatable bonds is 6. The van der Waals surface area contributed by atoms with Crippen LogP contribution in [0, 0.1) is 0 Å². The van der Waals surface area contributed by atoms with Gasteiger partial charge in [0.25, 0.3) is 0 Å². The lowest BCUT2D eigenvalue weighted by atomic mass is 10.1. The summed E-state index contributed by atoms with van der Waals surface area (Å²) in [5.74, 6) is 0. The molecule has 0 saturated heterocycles. The highest BCUT2D eigenvalue weighted by Crippen LogP contribution is 2.37. The fraction of sp³-hybridized carbons (Fsp3) is 0.429. The number of hydrogen-bond acceptors (Lipinski definition) is 2. The number of unbranched alkanes of at least 4 members (excludes halogenated alkanes) is 3. The van der Waals surface area contributed by atoms with Crippen LogP contribution in [0.25, 0.3) is 9.75 Å². The van der Waals surface area contributed by atoms with Crippen LogP contribution in [0.15, 0.2) is 27.4 Å². The molecule has 0 aliphatic carbocycles. The largest absolute Gasteiger partial charge is 0.143 e. The summed E-state index contributed by atoms with van der Waals surface area (Å²) in [5.41, 5.74) is 1.53. The van der Waals surface area contributed by atoms with Crippen LogP contribution in [-0.4, -0.2) is 0 Å². The van der Waals surface area contributed by atoms with Gasteiger partial charge in [-0.05, 0) is 57.9 Å². The Hall–Kier alpha value is -0.120. The van der Waals surface area contributed by atoms with E-state index in [1.165, 1.54) is 51.2 Å². The molecule has 0 radical (unpaired) electrons. The van der Waals surface area contributed by atoms with E-state index >= 15 is 0 Å². The first-order chi connectivity index (χ1) is 8.31. The topological polar surface area (TPSA) is 0 Å². The maximum absolute atomic E-state index is 3.54. The average Bonchev–Trinajstić information content (AvgIpc) is 2.93. The van der Waals surface area contributed by atoms with Crippen molar-refractivity contribution in [3.8, 4) is 9.75 Å². The maximum Gasteiger partial charge on any atom is 0.0705 e. The van der Waals surface area contributed by atoms with Crippen molar-refractivity contribution < 1.29 is 0 Å². The third kappa shape index (κ3) is 3.67. The Kier molecular flexibility index (Phi) is 5.26. The zero-order chi connectivity index (χ0) is 12.1. The summed E-state index contributed by atoms with van der Waals surface area (Å²) in [6.45, 7) is 2.26. The van der Waals surface area contributed by atoms with E-state index in [-0.39, 0.29) is 0 Å². The van der Waals surface area contributed by atoms with Gasteiger partial charge in [-0.3, -0.25) is 0 Å². The molecule has 0 fully saturated rings. The highest BCUT2D eigenvalue weighted by atomic mass is 79.9. The number of hydrogen-bond donors (Lipinski definition) is 0. The molecule has 0 bridgehead atoms. The molecule has 92 valence electrons. The summed E-state index contributed by atoms with van der Waals surface area (Å²) in [6, 6.07) is 6.65. The molecule has 2 aromatic rings. The fourth-order valence-electron chi connectivity index (χ4n) is 1.93. The molecule has 2 rings (SSSR count). The zero-order valence-corrected chi connectivity index (χ0v) is 13.3.